The fraction of sp³-hybridized carbons (Fsp3) is 0.412. The van der Waals surface area contributed by atoms with Crippen molar-refractivity contribution in [3.63, 3.8) is 0 Å². The fourth-order valence-electron chi connectivity index (χ4n) is 3.22. The van der Waals surface area contributed by atoms with Crippen molar-refractivity contribution in [2.45, 2.75) is 26.3 Å². The van der Waals surface area contributed by atoms with Crippen LogP contribution in [0.1, 0.15) is 30.3 Å². The van der Waals surface area contributed by atoms with Crippen LogP contribution in [0.25, 0.3) is 10.9 Å². The number of likely N-dealkylation sites (tertiary alicyclic amines) is 1. The third kappa shape index (κ3) is 2.47. The van der Waals surface area contributed by atoms with Crippen LogP contribution < -0.4 is 0 Å². The van der Waals surface area contributed by atoms with Crippen molar-refractivity contribution < 1.29 is 14.7 Å². The van der Waals surface area contributed by atoms with Crippen LogP contribution in [0.5, 0.6) is 0 Å². The summed E-state index contributed by atoms with van der Waals surface area (Å²) in [5.74, 6) is -1.07. The first-order valence-corrected chi connectivity index (χ1v) is 7.72. The Bertz CT molecular complexity index is 712. The molecule has 1 aliphatic heterocycles. The zero-order valence-electron chi connectivity index (χ0n) is 12.7. The van der Waals surface area contributed by atoms with E-state index >= 15 is 0 Å². The molecule has 2 aromatic rings. The number of hydrogen-bond donors (Lipinski definition) is 1. The largest absolute Gasteiger partial charge is 0.481 e. The predicted molar refractivity (Wildman–Crippen MR) is 83.9 cm³/mol. The number of carbonyl (C=O) groups excluding carboxylic acids is 1. The van der Waals surface area contributed by atoms with Crippen molar-refractivity contribution in [1.29, 1.82) is 0 Å². The second kappa shape index (κ2) is 5.83. The average Bonchev–Trinajstić information content (AvgIpc) is 2.92. The molecule has 1 amide bonds. The van der Waals surface area contributed by atoms with Crippen LogP contribution in [0.2, 0.25) is 0 Å². The lowest BCUT2D eigenvalue weighted by molar-refractivity contribution is -0.143. The van der Waals surface area contributed by atoms with Gasteiger partial charge in [0.2, 0.25) is 0 Å². The minimum Gasteiger partial charge on any atom is -0.481 e. The summed E-state index contributed by atoms with van der Waals surface area (Å²) in [6.45, 7) is 3.79. The molecular weight excluding hydrogens is 280 g/mol. The van der Waals surface area contributed by atoms with Gasteiger partial charge in [-0.25, -0.2) is 0 Å². The van der Waals surface area contributed by atoms with Crippen LogP contribution in [0.3, 0.4) is 0 Å². The number of piperidine rings is 1. The molecule has 0 radical (unpaired) electrons. The summed E-state index contributed by atoms with van der Waals surface area (Å²) < 4.78 is 2.03. The lowest BCUT2D eigenvalue weighted by atomic mass is 9.97. The smallest absolute Gasteiger partial charge is 0.306 e. The molecule has 1 saturated heterocycles. The van der Waals surface area contributed by atoms with Gasteiger partial charge in [0.05, 0.1) is 5.92 Å². The normalized spacial score (nSPS) is 16.1. The second-order valence-electron chi connectivity index (χ2n) is 5.74. The molecule has 1 N–H and O–H groups in total. The first-order chi connectivity index (χ1) is 10.6. The molecule has 22 heavy (non-hydrogen) atoms. The maximum Gasteiger partial charge on any atom is 0.306 e. The SMILES string of the molecule is CCn1c(C(=O)N2CCC(C(=O)O)CC2)cc2ccccc21. The summed E-state index contributed by atoms with van der Waals surface area (Å²) in [6.07, 6.45) is 1.07. The van der Waals surface area contributed by atoms with Crippen LogP contribution in [0, 0.1) is 5.92 Å². The molecule has 0 spiro atoms. The molecule has 1 fully saturated rings. The highest BCUT2D eigenvalue weighted by Crippen LogP contribution is 2.24. The Morgan fingerprint density at radius 3 is 2.55 bits per heavy atom. The molecule has 1 aromatic carbocycles. The third-order valence-electron chi connectivity index (χ3n) is 4.48. The molecule has 0 saturated carbocycles. The van der Waals surface area contributed by atoms with E-state index in [1.807, 2.05) is 41.8 Å². The Balaban J connectivity index is 1.85. The Morgan fingerprint density at radius 1 is 1.23 bits per heavy atom. The molecule has 2 heterocycles. The van der Waals surface area contributed by atoms with Gasteiger partial charge in [0.25, 0.3) is 5.91 Å². The Kier molecular flexibility index (Phi) is 3.88. The number of nitrogens with zero attached hydrogens (tertiary/aromatic N) is 2. The van der Waals surface area contributed by atoms with Crippen LogP contribution in [-0.4, -0.2) is 39.5 Å². The number of carboxylic acids is 1. The number of amides is 1. The number of aromatic nitrogens is 1. The lowest BCUT2D eigenvalue weighted by Gasteiger charge is -2.30. The first kappa shape index (κ1) is 14.6. The van der Waals surface area contributed by atoms with Crippen molar-refractivity contribution in [2.24, 2.45) is 5.92 Å². The van der Waals surface area contributed by atoms with E-state index in [1.165, 1.54) is 0 Å². The highest BCUT2D eigenvalue weighted by Gasteiger charge is 2.28. The Hall–Kier alpha value is -2.30. The standard InChI is InChI=1S/C17H20N2O3/c1-2-19-14-6-4-3-5-13(14)11-15(19)16(20)18-9-7-12(8-10-18)17(21)22/h3-6,11-12H,2,7-10H2,1H3,(H,21,22). The van der Waals surface area contributed by atoms with E-state index in [2.05, 4.69) is 0 Å². The van der Waals surface area contributed by atoms with E-state index in [4.69, 9.17) is 5.11 Å². The average molecular weight is 300 g/mol. The Morgan fingerprint density at radius 2 is 1.91 bits per heavy atom. The molecular formula is C17H20N2O3. The summed E-state index contributed by atoms with van der Waals surface area (Å²) in [7, 11) is 0. The second-order valence-corrected chi connectivity index (χ2v) is 5.74. The van der Waals surface area contributed by atoms with Gasteiger partial charge in [-0.2, -0.15) is 0 Å². The molecule has 3 rings (SSSR count). The molecule has 1 aromatic heterocycles. The van der Waals surface area contributed by atoms with Gasteiger partial charge < -0.3 is 14.6 Å². The number of benzene rings is 1. The monoisotopic (exact) mass is 300 g/mol. The summed E-state index contributed by atoms with van der Waals surface area (Å²) in [5.41, 5.74) is 1.76. The highest BCUT2D eigenvalue weighted by atomic mass is 16.4. The number of fused-ring (bicyclic) bond motifs is 1. The number of carbonyl (C=O) groups is 2. The maximum atomic E-state index is 12.8. The van der Waals surface area contributed by atoms with E-state index in [9.17, 15) is 9.59 Å². The topological polar surface area (TPSA) is 62.5 Å². The molecule has 0 bridgehead atoms. The maximum absolute atomic E-state index is 12.8. The van der Waals surface area contributed by atoms with Gasteiger partial charge in [0.15, 0.2) is 0 Å². The van der Waals surface area contributed by atoms with E-state index < -0.39 is 5.97 Å². The number of para-hydroxylation sites is 1. The summed E-state index contributed by atoms with van der Waals surface area (Å²) in [5, 5.41) is 10.1. The van der Waals surface area contributed by atoms with E-state index in [0.717, 1.165) is 17.4 Å². The van der Waals surface area contributed by atoms with Crippen molar-refractivity contribution in [3.05, 3.63) is 36.0 Å². The predicted octanol–water partition coefficient (Wildman–Crippen LogP) is 2.60. The summed E-state index contributed by atoms with van der Waals surface area (Å²) in [4.78, 5) is 25.6. The van der Waals surface area contributed by atoms with Crippen LogP contribution in [0.4, 0.5) is 0 Å². The molecule has 5 nitrogen and oxygen atoms in total. The van der Waals surface area contributed by atoms with Crippen LogP contribution >= 0.6 is 0 Å². The minimum atomic E-state index is -0.755. The highest BCUT2D eigenvalue weighted by molar-refractivity contribution is 5.98. The molecule has 0 aliphatic carbocycles. The number of aryl methyl sites for hydroxylation is 1. The van der Waals surface area contributed by atoms with Gasteiger partial charge in [0, 0.05) is 30.5 Å². The van der Waals surface area contributed by atoms with Crippen molar-refractivity contribution in [2.75, 3.05) is 13.1 Å². The number of aliphatic carboxylic acids is 1. The van der Waals surface area contributed by atoms with Gasteiger partial charge in [0.1, 0.15) is 5.69 Å². The fourth-order valence-corrected chi connectivity index (χ4v) is 3.22. The molecule has 116 valence electrons. The number of hydrogen-bond acceptors (Lipinski definition) is 2. The molecule has 5 heteroatoms. The van der Waals surface area contributed by atoms with E-state index in [-0.39, 0.29) is 11.8 Å². The van der Waals surface area contributed by atoms with E-state index in [1.54, 1.807) is 4.90 Å². The number of rotatable bonds is 3. The summed E-state index contributed by atoms with van der Waals surface area (Å²) >= 11 is 0. The van der Waals surface area contributed by atoms with Crippen LogP contribution in [-0.2, 0) is 11.3 Å². The molecule has 0 unspecified atom stereocenters. The first-order valence-electron chi connectivity index (χ1n) is 7.72. The zero-order valence-corrected chi connectivity index (χ0v) is 12.7. The van der Waals surface area contributed by atoms with Gasteiger partial charge in [-0.1, -0.05) is 18.2 Å². The quantitative estimate of drug-likeness (QED) is 0.947. The number of carboxylic acid groups (broad SMARTS) is 1. The lowest BCUT2D eigenvalue weighted by Crippen LogP contribution is -2.40. The van der Waals surface area contributed by atoms with Crippen molar-refractivity contribution >= 4 is 22.8 Å². The van der Waals surface area contributed by atoms with Gasteiger partial charge >= 0.3 is 5.97 Å². The van der Waals surface area contributed by atoms with Gasteiger partial charge in [-0.15, -0.1) is 0 Å². The zero-order chi connectivity index (χ0) is 15.7. The minimum absolute atomic E-state index is 0.00175. The van der Waals surface area contributed by atoms with E-state index in [0.29, 0.717) is 31.6 Å². The van der Waals surface area contributed by atoms with Crippen molar-refractivity contribution in [3.8, 4) is 0 Å². The van der Waals surface area contributed by atoms with Crippen LogP contribution in [0.15, 0.2) is 30.3 Å². The molecule has 1 aliphatic rings. The van der Waals surface area contributed by atoms with Gasteiger partial charge in [-0.05, 0) is 31.9 Å². The Labute approximate surface area is 129 Å². The molecule has 0 atom stereocenters. The van der Waals surface area contributed by atoms with Gasteiger partial charge in [-0.3, -0.25) is 9.59 Å². The third-order valence-corrected chi connectivity index (χ3v) is 4.48. The van der Waals surface area contributed by atoms with Crippen molar-refractivity contribution in [1.82, 2.24) is 9.47 Å². The summed E-state index contributed by atoms with van der Waals surface area (Å²) in [6, 6.07) is 9.90.